The molecule has 4 rings (SSSR count). The largest absolute Gasteiger partial charge is 0.483 e. The number of rotatable bonds is 6. The molecule has 1 saturated carbocycles. The van der Waals surface area contributed by atoms with Crippen molar-refractivity contribution in [1.29, 1.82) is 0 Å². The van der Waals surface area contributed by atoms with Crippen LogP contribution in [0.1, 0.15) is 44.2 Å². The first-order chi connectivity index (χ1) is 13.4. The summed E-state index contributed by atoms with van der Waals surface area (Å²) in [4.78, 5) is 20.7. The second-order valence-electron chi connectivity index (χ2n) is 8.82. The molecule has 1 amide bonds. The van der Waals surface area contributed by atoms with Crippen LogP contribution in [-0.4, -0.2) is 41.8 Å². The van der Waals surface area contributed by atoms with Gasteiger partial charge in [0.05, 0.1) is 18.8 Å². The van der Waals surface area contributed by atoms with E-state index in [9.17, 15) is 4.79 Å². The average Bonchev–Trinajstić information content (AvgIpc) is 3.37. The van der Waals surface area contributed by atoms with E-state index in [4.69, 9.17) is 9.73 Å². The predicted octanol–water partition coefficient (Wildman–Crippen LogP) is 3.73. The number of methoxy groups -OCH3 is 1. The molecule has 1 saturated heterocycles. The van der Waals surface area contributed by atoms with E-state index in [1.807, 2.05) is 0 Å². The summed E-state index contributed by atoms with van der Waals surface area (Å²) in [5.41, 5.74) is 4.78. The van der Waals surface area contributed by atoms with Crippen molar-refractivity contribution in [2.45, 2.75) is 64.6 Å². The van der Waals surface area contributed by atoms with E-state index in [2.05, 4.69) is 55.8 Å². The van der Waals surface area contributed by atoms with Crippen molar-refractivity contribution in [1.82, 2.24) is 10.2 Å². The maximum absolute atomic E-state index is 13.6. The van der Waals surface area contributed by atoms with Gasteiger partial charge < -0.3 is 15.0 Å². The normalized spacial score (nSPS) is 26.2. The molecular formula is C23H31N3O2. The Bertz CT molecular complexity index is 829. The second-order valence-corrected chi connectivity index (χ2v) is 8.82. The summed E-state index contributed by atoms with van der Waals surface area (Å²) < 4.78 is 5.19. The molecular weight excluding hydrogens is 350 g/mol. The van der Waals surface area contributed by atoms with Crippen LogP contribution in [0, 0.1) is 18.8 Å². The van der Waals surface area contributed by atoms with Gasteiger partial charge in [0.1, 0.15) is 6.04 Å². The highest BCUT2D eigenvalue weighted by Crippen LogP contribution is 2.45. The Morgan fingerprint density at radius 2 is 2.14 bits per heavy atom. The molecule has 1 aliphatic carbocycles. The van der Waals surface area contributed by atoms with Crippen LogP contribution < -0.4 is 5.32 Å². The smallest absolute Gasteiger partial charge is 0.246 e. The standard InChI is InChI=1S/C23H31N3O2/c1-13(2)21(24-15(4)28-5)23(27)26-18-8-7-16(11-18)22(26)20-12-17-10-14(3)6-9-19(17)25-20/h6,9-10,13,16,18,21-22,24H,4,7-8,11-12H2,1-3,5H3/t16-,18+,21-,22-/m0/s1. The van der Waals surface area contributed by atoms with Crippen LogP contribution >= 0.6 is 0 Å². The summed E-state index contributed by atoms with van der Waals surface area (Å²) in [6.07, 6.45) is 4.25. The number of amides is 1. The maximum Gasteiger partial charge on any atom is 0.246 e. The zero-order valence-electron chi connectivity index (χ0n) is 17.4. The van der Waals surface area contributed by atoms with Crippen LogP contribution in [0.2, 0.25) is 0 Å². The lowest BCUT2D eigenvalue weighted by molar-refractivity contribution is -0.137. The summed E-state index contributed by atoms with van der Waals surface area (Å²) >= 11 is 0. The van der Waals surface area contributed by atoms with Gasteiger partial charge in [-0.15, -0.1) is 0 Å². The maximum atomic E-state index is 13.6. The number of benzene rings is 1. The molecule has 2 heterocycles. The zero-order valence-corrected chi connectivity index (χ0v) is 17.4. The molecule has 1 aromatic rings. The lowest BCUT2D eigenvalue weighted by Crippen LogP contribution is -2.56. The summed E-state index contributed by atoms with van der Waals surface area (Å²) in [5, 5.41) is 3.19. The molecule has 4 atom stereocenters. The Balaban J connectivity index is 1.61. The molecule has 2 fully saturated rings. The number of likely N-dealkylation sites (tertiary alicyclic amines) is 1. The fourth-order valence-electron chi connectivity index (χ4n) is 5.17. The Labute approximate surface area is 167 Å². The monoisotopic (exact) mass is 381 g/mol. The molecule has 1 N–H and O–H groups in total. The predicted molar refractivity (Wildman–Crippen MR) is 112 cm³/mol. The van der Waals surface area contributed by atoms with E-state index in [1.165, 1.54) is 17.5 Å². The van der Waals surface area contributed by atoms with Gasteiger partial charge in [0, 0.05) is 18.2 Å². The Morgan fingerprint density at radius 1 is 1.36 bits per heavy atom. The molecule has 5 nitrogen and oxygen atoms in total. The zero-order chi connectivity index (χ0) is 20.0. The number of carbonyl (C=O) groups is 1. The van der Waals surface area contributed by atoms with Crippen LogP contribution in [0.5, 0.6) is 0 Å². The van der Waals surface area contributed by atoms with Crippen LogP contribution in [0.25, 0.3) is 0 Å². The number of piperidine rings is 1. The molecule has 0 radical (unpaired) electrons. The number of nitrogens with zero attached hydrogens (tertiary/aromatic N) is 2. The van der Waals surface area contributed by atoms with Crippen LogP contribution in [-0.2, 0) is 16.0 Å². The number of nitrogens with one attached hydrogen (secondary N) is 1. The van der Waals surface area contributed by atoms with Gasteiger partial charge in [-0.05, 0) is 56.2 Å². The average molecular weight is 382 g/mol. The van der Waals surface area contributed by atoms with Gasteiger partial charge in [-0.25, -0.2) is 0 Å². The number of ether oxygens (including phenoxy) is 1. The fourth-order valence-corrected chi connectivity index (χ4v) is 5.17. The summed E-state index contributed by atoms with van der Waals surface area (Å²) in [5.74, 6) is 1.26. The Morgan fingerprint density at radius 3 is 2.86 bits per heavy atom. The number of aryl methyl sites for hydroxylation is 1. The van der Waals surface area contributed by atoms with E-state index >= 15 is 0 Å². The molecule has 2 aliphatic heterocycles. The van der Waals surface area contributed by atoms with E-state index in [-0.39, 0.29) is 23.9 Å². The van der Waals surface area contributed by atoms with E-state index in [0.29, 0.717) is 17.8 Å². The summed E-state index contributed by atoms with van der Waals surface area (Å²) in [7, 11) is 1.57. The van der Waals surface area contributed by atoms with E-state index in [0.717, 1.165) is 30.7 Å². The molecule has 3 aliphatic rings. The van der Waals surface area contributed by atoms with Gasteiger partial charge in [0.2, 0.25) is 5.91 Å². The van der Waals surface area contributed by atoms with Gasteiger partial charge in [0.25, 0.3) is 0 Å². The van der Waals surface area contributed by atoms with Crippen LogP contribution in [0.4, 0.5) is 5.69 Å². The summed E-state index contributed by atoms with van der Waals surface area (Å²) in [6.45, 7) is 10.1. The van der Waals surface area contributed by atoms with Gasteiger partial charge in [-0.1, -0.05) is 31.5 Å². The number of hydrogen-bond acceptors (Lipinski definition) is 4. The molecule has 150 valence electrons. The highest BCUT2D eigenvalue weighted by Gasteiger charge is 2.51. The van der Waals surface area contributed by atoms with Crippen molar-refractivity contribution in [3.63, 3.8) is 0 Å². The number of aliphatic imine (C=N–C) groups is 1. The lowest BCUT2D eigenvalue weighted by atomic mass is 9.90. The minimum absolute atomic E-state index is 0.123. The Kier molecular flexibility index (Phi) is 4.94. The molecule has 28 heavy (non-hydrogen) atoms. The number of hydrogen-bond donors (Lipinski definition) is 1. The first-order valence-corrected chi connectivity index (χ1v) is 10.4. The molecule has 0 aromatic heterocycles. The molecule has 0 unspecified atom stereocenters. The molecule has 2 bridgehead atoms. The molecule has 1 aromatic carbocycles. The minimum Gasteiger partial charge on any atom is -0.483 e. The lowest BCUT2D eigenvalue weighted by Gasteiger charge is -2.39. The van der Waals surface area contributed by atoms with Gasteiger partial charge in [-0.3, -0.25) is 9.79 Å². The Hall–Kier alpha value is -2.30. The second kappa shape index (κ2) is 7.26. The van der Waals surface area contributed by atoms with Crippen LogP contribution in [0.3, 0.4) is 0 Å². The van der Waals surface area contributed by atoms with Gasteiger partial charge >= 0.3 is 0 Å². The highest BCUT2D eigenvalue weighted by atomic mass is 16.5. The first kappa shape index (κ1) is 19.0. The topological polar surface area (TPSA) is 53.9 Å². The van der Waals surface area contributed by atoms with Gasteiger partial charge in [-0.2, -0.15) is 0 Å². The highest BCUT2D eigenvalue weighted by molar-refractivity contribution is 6.01. The van der Waals surface area contributed by atoms with E-state index in [1.54, 1.807) is 7.11 Å². The fraction of sp³-hybridized carbons (Fsp3) is 0.565. The van der Waals surface area contributed by atoms with E-state index < -0.39 is 0 Å². The van der Waals surface area contributed by atoms with Crippen molar-refractivity contribution in [3.8, 4) is 0 Å². The van der Waals surface area contributed by atoms with Crippen molar-refractivity contribution < 1.29 is 9.53 Å². The SMILES string of the molecule is C=C(N[C@H](C(=O)N1[C@@H]2CC[C@@H](C2)[C@H]1C1=Nc2ccc(C)cc2C1)C(C)C)OC. The third kappa shape index (κ3) is 3.21. The molecule has 0 spiro atoms. The van der Waals surface area contributed by atoms with Gasteiger partial charge in [0.15, 0.2) is 5.88 Å². The molecule has 5 heteroatoms. The quantitative estimate of drug-likeness (QED) is 0.764. The first-order valence-electron chi connectivity index (χ1n) is 10.4. The van der Waals surface area contributed by atoms with Crippen molar-refractivity contribution in [3.05, 3.63) is 41.8 Å². The van der Waals surface area contributed by atoms with Crippen LogP contribution in [0.15, 0.2) is 35.7 Å². The number of fused-ring (bicyclic) bond motifs is 3. The van der Waals surface area contributed by atoms with Crippen molar-refractivity contribution in [2.75, 3.05) is 7.11 Å². The third-order valence-electron chi connectivity index (χ3n) is 6.55. The van der Waals surface area contributed by atoms with Crippen molar-refractivity contribution >= 4 is 17.3 Å². The third-order valence-corrected chi connectivity index (χ3v) is 6.55. The minimum atomic E-state index is -0.332. The van der Waals surface area contributed by atoms with Crippen molar-refractivity contribution in [2.24, 2.45) is 16.8 Å². The summed E-state index contributed by atoms with van der Waals surface area (Å²) in [6, 6.07) is 6.57. The number of carbonyl (C=O) groups excluding carboxylic acids is 1.